The first kappa shape index (κ1) is 24.1. The van der Waals surface area contributed by atoms with E-state index in [0.717, 1.165) is 41.7 Å². The van der Waals surface area contributed by atoms with Crippen LogP contribution in [0.2, 0.25) is 5.02 Å². The van der Waals surface area contributed by atoms with Gasteiger partial charge in [0.2, 0.25) is 17.7 Å². The van der Waals surface area contributed by atoms with Crippen molar-refractivity contribution < 1.29 is 13.2 Å². The Morgan fingerprint density at radius 2 is 1.77 bits per heavy atom. The number of halogens is 4. The number of hydrogen-bond acceptors (Lipinski definition) is 6. The molecule has 11 heteroatoms. The quantitative estimate of drug-likeness (QED) is 0.540. The molecule has 1 fully saturated rings. The molecule has 1 saturated heterocycles. The third-order valence-corrected chi connectivity index (χ3v) is 7.05. The standard InChI is InChI=1S/C24H29ClF3N7/c1-14(2)12-19-20-16(17-13-15(25)4-5-18(17)29-20)6-7-35(19)23-31-21(24(26,27)28)30-22(32-23)34-10-8-33(3)9-11-34/h4-5,13-14,19,29H,6-12H2,1-3H3/t19-/m0/s1. The number of aromatic amines is 1. The van der Waals surface area contributed by atoms with E-state index in [1.54, 1.807) is 0 Å². The Kier molecular flexibility index (Phi) is 6.29. The van der Waals surface area contributed by atoms with E-state index in [4.69, 9.17) is 11.6 Å². The monoisotopic (exact) mass is 507 g/mol. The molecule has 2 aliphatic heterocycles. The van der Waals surface area contributed by atoms with Gasteiger partial charge in [0.05, 0.1) is 6.04 Å². The normalized spacial score (nSPS) is 19.6. The summed E-state index contributed by atoms with van der Waals surface area (Å²) in [5.74, 6) is -0.666. The summed E-state index contributed by atoms with van der Waals surface area (Å²) in [5, 5.41) is 1.72. The second-order valence-corrected chi connectivity index (χ2v) is 10.3. The largest absolute Gasteiger partial charge is 0.451 e. The van der Waals surface area contributed by atoms with Gasteiger partial charge in [-0.25, -0.2) is 0 Å². The molecule has 35 heavy (non-hydrogen) atoms. The van der Waals surface area contributed by atoms with E-state index >= 15 is 0 Å². The molecule has 0 spiro atoms. The topological polar surface area (TPSA) is 64.2 Å². The molecular weight excluding hydrogens is 479 g/mol. The first-order valence-electron chi connectivity index (χ1n) is 11.9. The molecule has 3 aromatic rings. The maximum absolute atomic E-state index is 13.9. The summed E-state index contributed by atoms with van der Waals surface area (Å²) in [6.45, 7) is 7.34. The number of hydrogen-bond donors (Lipinski definition) is 1. The van der Waals surface area contributed by atoms with Crippen molar-refractivity contribution in [1.82, 2.24) is 24.8 Å². The van der Waals surface area contributed by atoms with Gasteiger partial charge in [-0.1, -0.05) is 25.4 Å². The minimum Gasteiger partial charge on any atom is -0.356 e. The van der Waals surface area contributed by atoms with Crippen LogP contribution in [-0.4, -0.2) is 64.6 Å². The van der Waals surface area contributed by atoms with Gasteiger partial charge in [0.15, 0.2) is 0 Å². The number of rotatable bonds is 4. The lowest BCUT2D eigenvalue weighted by Crippen LogP contribution is -2.45. The smallest absolute Gasteiger partial charge is 0.356 e. The van der Waals surface area contributed by atoms with Crippen molar-refractivity contribution in [2.24, 2.45) is 5.92 Å². The van der Waals surface area contributed by atoms with Gasteiger partial charge in [-0.2, -0.15) is 28.1 Å². The van der Waals surface area contributed by atoms with Crippen molar-refractivity contribution in [1.29, 1.82) is 0 Å². The molecule has 2 aliphatic rings. The highest BCUT2D eigenvalue weighted by Gasteiger charge is 2.39. The number of likely N-dealkylation sites (N-methyl/N-ethyl adjacent to an activating group) is 1. The van der Waals surface area contributed by atoms with Crippen LogP contribution in [0.5, 0.6) is 0 Å². The van der Waals surface area contributed by atoms with Crippen molar-refractivity contribution >= 4 is 34.4 Å². The zero-order valence-electron chi connectivity index (χ0n) is 20.0. The molecule has 0 radical (unpaired) electrons. The highest BCUT2D eigenvalue weighted by molar-refractivity contribution is 6.31. The van der Waals surface area contributed by atoms with Crippen LogP contribution in [0, 0.1) is 5.92 Å². The lowest BCUT2D eigenvalue weighted by atomic mass is 9.92. The zero-order chi connectivity index (χ0) is 24.9. The molecule has 0 aliphatic carbocycles. The highest BCUT2D eigenvalue weighted by Crippen LogP contribution is 2.40. The van der Waals surface area contributed by atoms with Crippen molar-refractivity contribution in [2.75, 3.05) is 49.6 Å². The van der Waals surface area contributed by atoms with Crippen molar-refractivity contribution in [3.63, 3.8) is 0 Å². The van der Waals surface area contributed by atoms with E-state index in [1.807, 2.05) is 35.0 Å². The third-order valence-electron chi connectivity index (χ3n) is 6.82. The van der Waals surface area contributed by atoms with Crippen LogP contribution >= 0.6 is 11.6 Å². The molecule has 7 nitrogen and oxygen atoms in total. The average Bonchev–Trinajstić information content (AvgIpc) is 3.17. The number of anilines is 2. The fourth-order valence-corrected chi connectivity index (χ4v) is 5.20. The predicted molar refractivity (Wildman–Crippen MR) is 131 cm³/mol. The summed E-state index contributed by atoms with van der Waals surface area (Å²) >= 11 is 6.26. The van der Waals surface area contributed by atoms with Gasteiger partial charge < -0.3 is 19.7 Å². The summed E-state index contributed by atoms with van der Waals surface area (Å²) in [6, 6.07) is 5.55. The van der Waals surface area contributed by atoms with E-state index in [-0.39, 0.29) is 17.9 Å². The molecule has 0 unspecified atom stereocenters. The average molecular weight is 508 g/mol. The molecule has 188 valence electrons. The molecule has 1 aromatic carbocycles. The van der Waals surface area contributed by atoms with Gasteiger partial charge in [0.25, 0.3) is 0 Å². The Hall–Kier alpha value is -2.59. The van der Waals surface area contributed by atoms with E-state index in [9.17, 15) is 13.2 Å². The maximum atomic E-state index is 13.9. The first-order valence-corrected chi connectivity index (χ1v) is 12.3. The number of alkyl halides is 3. The first-order chi connectivity index (χ1) is 16.6. The Bertz CT molecular complexity index is 1220. The van der Waals surface area contributed by atoms with Crippen LogP contribution in [0.4, 0.5) is 25.1 Å². The predicted octanol–water partition coefficient (Wildman–Crippen LogP) is 4.93. The van der Waals surface area contributed by atoms with Crippen LogP contribution in [0.1, 0.15) is 43.4 Å². The Labute approximate surface area is 207 Å². The van der Waals surface area contributed by atoms with Gasteiger partial charge in [-0.3, -0.25) is 0 Å². The fraction of sp³-hybridized carbons (Fsp3) is 0.542. The molecule has 5 rings (SSSR count). The lowest BCUT2D eigenvalue weighted by Gasteiger charge is -2.38. The Morgan fingerprint density at radius 1 is 1.06 bits per heavy atom. The van der Waals surface area contributed by atoms with Gasteiger partial charge in [0.1, 0.15) is 0 Å². The SMILES string of the molecule is CC(C)C[C@H]1c2[nH]c3ccc(Cl)cc3c2CCN1c1nc(N2CCN(C)CC2)nc(C(F)(F)F)n1. The molecule has 0 saturated carbocycles. The molecule has 0 amide bonds. The summed E-state index contributed by atoms with van der Waals surface area (Å²) in [7, 11) is 1.99. The van der Waals surface area contributed by atoms with Gasteiger partial charge in [-0.05, 0) is 49.6 Å². The number of H-pyrrole nitrogens is 1. The summed E-state index contributed by atoms with van der Waals surface area (Å²) in [6.07, 6.45) is -3.27. The number of nitrogens with one attached hydrogen (secondary N) is 1. The number of aromatic nitrogens is 4. The van der Waals surface area contributed by atoms with Crippen LogP contribution in [0.3, 0.4) is 0 Å². The molecule has 4 heterocycles. The molecular formula is C24H29ClF3N7. The second-order valence-electron chi connectivity index (χ2n) is 9.84. The van der Waals surface area contributed by atoms with Crippen LogP contribution in [-0.2, 0) is 12.6 Å². The maximum Gasteiger partial charge on any atom is 0.451 e. The zero-order valence-corrected chi connectivity index (χ0v) is 20.8. The summed E-state index contributed by atoms with van der Waals surface area (Å²) < 4.78 is 41.6. The van der Waals surface area contributed by atoms with E-state index < -0.39 is 12.0 Å². The minimum absolute atomic E-state index is 0.0780. The van der Waals surface area contributed by atoms with E-state index in [0.29, 0.717) is 37.0 Å². The molecule has 1 N–H and O–H groups in total. The summed E-state index contributed by atoms with van der Waals surface area (Å²) in [5.41, 5.74) is 3.13. The van der Waals surface area contributed by atoms with E-state index in [2.05, 4.69) is 38.7 Å². The Balaban J connectivity index is 1.59. The van der Waals surface area contributed by atoms with E-state index in [1.165, 1.54) is 0 Å². The Morgan fingerprint density at radius 3 is 2.46 bits per heavy atom. The lowest BCUT2D eigenvalue weighted by molar-refractivity contribution is -0.145. The number of piperazine rings is 1. The molecule has 1 atom stereocenters. The molecule has 0 bridgehead atoms. The van der Waals surface area contributed by atoms with Crippen molar-refractivity contribution in [3.05, 3.63) is 40.3 Å². The van der Waals surface area contributed by atoms with Crippen LogP contribution < -0.4 is 9.80 Å². The fourth-order valence-electron chi connectivity index (χ4n) is 5.03. The minimum atomic E-state index is -4.66. The van der Waals surface area contributed by atoms with Crippen LogP contribution in [0.15, 0.2) is 18.2 Å². The van der Waals surface area contributed by atoms with Crippen LogP contribution in [0.25, 0.3) is 10.9 Å². The number of benzene rings is 1. The highest BCUT2D eigenvalue weighted by atomic mass is 35.5. The van der Waals surface area contributed by atoms with Gasteiger partial charge >= 0.3 is 6.18 Å². The summed E-state index contributed by atoms with van der Waals surface area (Å²) in [4.78, 5) is 21.8. The van der Waals surface area contributed by atoms with Gasteiger partial charge in [0, 0.05) is 54.3 Å². The number of fused-ring (bicyclic) bond motifs is 3. The van der Waals surface area contributed by atoms with Crippen molar-refractivity contribution in [2.45, 2.75) is 38.9 Å². The van der Waals surface area contributed by atoms with Crippen molar-refractivity contribution in [3.8, 4) is 0 Å². The number of nitrogens with zero attached hydrogens (tertiary/aromatic N) is 6. The van der Waals surface area contributed by atoms with Gasteiger partial charge in [-0.15, -0.1) is 0 Å². The second kappa shape index (κ2) is 9.13. The third kappa shape index (κ3) is 4.78. The molecule has 2 aromatic heterocycles.